The van der Waals surface area contributed by atoms with Gasteiger partial charge in [-0.25, -0.2) is 0 Å². The number of amides is 1. The maximum atomic E-state index is 12.2. The molecule has 0 atom stereocenters. The van der Waals surface area contributed by atoms with Crippen LogP contribution in [0.15, 0.2) is 35.7 Å². The fourth-order valence-corrected chi connectivity index (χ4v) is 4.18. The predicted octanol–water partition coefficient (Wildman–Crippen LogP) is 2.25. The lowest BCUT2D eigenvalue weighted by Crippen LogP contribution is -3.14. The minimum Gasteiger partial charge on any atom is -0.357 e. The molecule has 1 saturated heterocycles. The lowest BCUT2D eigenvalue weighted by molar-refractivity contribution is -0.898. The highest BCUT2D eigenvalue weighted by Crippen LogP contribution is 2.34. The Morgan fingerprint density at radius 1 is 1.31 bits per heavy atom. The molecule has 5 nitrogen and oxygen atoms in total. The van der Waals surface area contributed by atoms with E-state index in [4.69, 9.17) is 23.8 Å². The molecule has 8 heteroatoms. The van der Waals surface area contributed by atoms with Gasteiger partial charge in [-0.1, -0.05) is 23.7 Å². The molecule has 1 aromatic carbocycles. The molecule has 3 N–H and O–H groups in total. The van der Waals surface area contributed by atoms with Crippen LogP contribution in [0.4, 0.5) is 11.4 Å². The molecule has 1 fully saturated rings. The first kappa shape index (κ1) is 19.1. The topological polar surface area (TPSA) is 48.8 Å². The summed E-state index contributed by atoms with van der Waals surface area (Å²) in [6.07, 6.45) is 0. The quantitative estimate of drug-likeness (QED) is 0.678. The van der Waals surface area contributed by atoms with E-state index in [2.05, 4.69) is 22.5 Å². The Morgan fingerprint density at radius 2 is 2.08 bits per heavy atom. The van der Waals surface area contributed by atoms with Crippen LogP contribution in [0.2, 0.25) is 5.02 Å². The third-order valence-electron chi connectivity index (χ3n) is 4.49. The van der Waals surface area contributed by atoms with E-state index >= 15 is 0 Å². The van der Waals surface area contributed by atoms with Crippen molar-refractivity contribution in [1.29, 1.82) is 0 Å². The number of hydrogen-bond acceptors (Lipinski definition) is 4. The number of carbonyl (C=O) groups excluding carboxylic acids is 1. The van der Waals surface area contributed by atoms with Gasteiger partial charge in [0.05, 0.1) is 54.0 Å². The number of thiocarbonyl (C=S) groups is 1. The molecule has 0 spiro atoms. The summed E-state index contributed by atoms with van der Waals surface area (Å²) in [5.74, 6) is -0.207. The van der Waals surface area contributed by atoms with Gasteiger partial charge in [0, 0.05) is 0 Å². The monoisotopic (exact) mass is 409 g/mol. The number of para-hydroxylation sites is 1. The Labute approximate surface area is 167 Å². The first-order valence-electron chi connectivity index (χ1n) is 8.61. The van der Waals surface area contributed by atoms with Crippen molar-refractivity contribution >= 4 is 57.5 Å². The lowest BCUT2D eigenvalue weighted by atomic mass is 10.2. The summed E-state index contributed by atoms with van der Waals surface area (Å²) in [4.78, 5) is 16.7. The molecule has 2 heterocycles. The molecule has 0 saturated carbocycles. The third kappa shape index (κ3) is 4.54. The summed E-state index contributed by atoms with van der Waals surface area (Å²) in [5.41, 5.74) is 1.76. The largest absolute Gasteiger partial charge is 0.357 e. The molecule has 138 valence electrons. The van der Waals surface area contributed by atoms with E-state index < -0.39 is 0 Å². The number of nitrogens with zero attached hydrogens (tertiary/aromatic N) is 1. The van der Waals surface area contributed by atoms with Crippen molar-refractivity contribution in [2.24, 2.45) is 0 Å². The molecular weight excluding hydrogens is 388 g/mol. The number of carbonyl (C=O) groups is 1. The summed E-state index contributed by atoms with van der Waals surface area (Å²) in [5, 5.41) is 8.67. The molecule has 1 amide bonds. The van der Waals surface area contributed by atoms with Gasteiger partial charge in [0.25, 0.3) is 5.91 Å². The summed E-state index contributed by atoms with van der Waals surface area (Å²) >= 11 is 13.2. The molecular formula is C18H22ClN4OS2+. The third-order valence-corrected chi connectivity index (χ3v) is 5.87. The van der Waals surface area contributed by atoms with E-state index in [9.17, 15) is 4.79 Å². The Morgan fingerprint density at radius 3 is 2.73 bits per heavy atom. The minimum atomic E-state index is -0.207. The lowest BCUT2D eigenvalue weighted by Gasteiger charge is -2.34. The van der Waals surface area contributed by atoms with Crippen molar-refractivity contribution in [3.8, 4) is 0 Å². The first-order chi connectivity index (χ1) is 12.6. The van der Waals surface area contributed by atoms with Crippen molar-refractivity contribution < 1.29 is 9.69 Å². The van der Waals surface area contributed by atoms with Crippen LogP contribution >= 0.6 is 35.2 Å². The average Bonchev–Trinajstić information content (AvgIpc) is 3.17. The number of hydrogen-bond donors (Lipinski definition) is 3. The van der Waals surface area contributed by atoms with Gasteiger partial charge in [0.1, 0.15) is 0 Å². The van der Waals surface area contributed by atoms with Crippen LogP contribution in [0, 0.1) is 0 Å². The normalized spacial score (nSPS) is 14.9. The van der Waals surface area contributed by atoms with Gasteiger partial charge in [-0.3, -0.25) is 10.1 Å². The molecule has 0 aliphatic carbocycles. The molecule has 1 aliphatic heterocycles. The first-order valence-corrected chi connectivity index (χ1v) is 10.3. The van der Waals surface area contributed by atoms with Crippen molar-refractivity contribution in [3.05, 3.63) is 45.6 Å². The van der Waals surface area contributed by atoms with Crippen LogP contribution in [0.25, 0.3) is 0 Å². The number of benzene rings is 1. The Kier molecular flexibility index (Phi) is 6.48. The maximum absolute atomic E-state index is 12.2. The number of quaternary nitrogens is 1. The van der Waals surface area contributed by atoms with E-state index in [1.54, 1.807) is 11.0 Å². The number of halogens is 1. The minimum absolute atomic E-state index is 0.207. The van der Waals surface area contributed by atoms with Crippen molar-refractivity contribution in [2.75, 3.05) is 42.9 Å². The van der Waals surface area contributed by atoms with Crippen molar-refractivity contribution in [3.63, 3.8) is 0 Å². The smallest absolute Gasteiger partial charge is 0.267 e. The average molecular weight is 410 g/mol. The van der Waals surface area contributed by atoms with Crippen LogP contribution in [0.3, 0.4) is 0 Å². The highest BCUT2D eigenvalue weighted by Gasteiger charge is 2.23. The Hall–Kier alpha value is -1.67. The van der Waals surface area contributed by atoms with Crippen LogP contribution in [0.5, 0.6) is 0 Å². The van der Waals surface area contributed by atoms with Crippen molar-refractivity contribution in [2.45, 2.75) is 6.92 Å². The van der Waals surface area contributed by atoms with E-state index in [1.807, 2.05) is 29.6 Å². The SMILES string of the molecule is CC[NH+]1CCN(c2c(Cl)cccc2NC(=S)NC(=O)c2cccs2)CC1. The highest BCUT2D eigenvalue weighted by atomic mass is 35.5. The van der Waals surface area contributed by atoms with Crippen LogP contribution < -0.4 is 20.4 Å². The van der Waals surface area contributed by atoms with Crippen LogP contribution in [-0.2, 0) is 0 Å². The second kappa shape index (κ2) is 8.81. The molecule has 1 aliphatic rings. The number of rotatable bonds is 4. The molecule has 0 radical (unpaired) electrons. The fraction of sp³-hybridized carbons (Fsp3) is 0.333. The van der Waals surface area contributed by atoms with Gasteiger partial charge in [-0.15, -0.1) is 11.3 Å². The highest BCUT2D eigenvalue weighted by molar-refractivity contribution is 7.80. The number of piperazine rings is 1. The Bertz CT molecular complexity index is 774. The molecule has 0 bridgehead atoms. The number of thiophene rings is 1. The predicted molar refractivity (Wildman–Crippen MR) is 113 cm³/mol. The zero-order valence-electron chi connectivity index (χ0n) is 14.5. The molecule has 26 heavy (non-hydrogen) atoms. The van der Waals surface area contributed by atoms with Gasteiger partial charge >= 0.3 is 0 Å². The van der Waals surface area contributed by atoms with Gasteiger partial charge in [0.2, 0.25) is 0 Å². The second-order valence-electron chi connectivity index (χ2n) is 6.11. The summed E-state index contributed by atoms with van der Waals surface area (Å²) < 4.78 is 0. The van der Waals surface area contributed by atoms with E-state index in [0.717, 1.165) is 44.1 Å². The number of likely N-dealkylation sites (N-methyl/N-ethyl adjacent to an activating group) is 1. The summed E-state index contributed by atoms with van der Waals surface area (Å²) in [6, 6.07) is 9.30. The van der Waals surface area contributed by atoms with E-state index in [0.29, 0.717) is 9.90 Å². The van der Waals surface area contributed by atoms with Crippen molar-refractivity contribution in [1.82, 2.24) is 5.32 Å². The summed E-state index contributed by atoms with van der Waals surface area (Å²) in [6.45, 7) is 7.40. The zero-order valence-corrected chi connectivity index (χ0v) is 16.9. The molecule has 3 rings (SSSR count). The number of anilines is 2. The van der Waals surface area contributed by atoms with Gasteiger partial charge in [0.15, 0.2) is 5.11 Å². The zero-order chi connectivity index (χ0) is 18.5. The van der Waals surface area contributed by atoms with Gasteiger partial charge < -0.3 is 15.1 Å². The molecule has 0 unspecified atom stereocenters. The maximum Gasteiger partial charge on any atom is 0.267 e. The second-order valence-corrected chi connectivity index (χ2v) is 7.88. The van der Waals surface area contributed by atoms with Crippen LogP contribution in [0.1, 0.15) is 16.6 Å². The van der Waals surface area contributed by atoms with Gasteiger partial charge in [-0.05, 0) is 42.7 Å². The van der Waals surface area contributed by atoms with Crippen LogP contribution in [-0.4, -0.2) is 43.7 Å². The molecule has 2 aromatic rings. The Balaban J connectivity index is 1.71. The van der Waals surface area contributed by atoms with E-state index in [-0.39, 0.29) is 11.0 Å². The fourth-order valence-electron chi connectivity index (χ4n) is 3.06. The molecule has 1 aromatic heterocycles. The standard InChI is InChI=1S/C18H21ClN4OS2/c1-2-22-8-10-23(11-9-22)16-13(19)5-3-6-14(16)20-18(25)21-17(24)15-7-4-12-26-15/h3-7,12H,2,8-11H2,1H3,(H2,20,21,24,25)/p+1. The van der Waals surface area contributed by atoms with E-state index in [1.165, 1.54) is 11.3 Å². The summed E-state index contributed by atoms with van der Waals surface area (Å²) in [7, 11) is 0. The number of nitrogens with one attached hydrogen (secondary N) is 3. The van der Waals surface area contributed by atoms with Gasteiger partial charge in [-0.2, -0.15) is 0 Å².